The van der Waals surface area contributed by atoms with Crippen LogP contribution >= 0.6 is 0 Å². The second-order valence-electron chi connectivity index (χ2n) is 4.67. The van der Waals surface area contributed by atoms with Gasteiger partial charge in [-0.2, -0.15) is 0 Å². The second kappa shape index (κ2) is 4.49. The van der Waals surface area contributed by atoms with Gasteiger partial charge in [-0.3, -0.25) is 4.79 Å². The summed E-state index contributed by atoms with van der Waals surface area (Å²) in [5, 5.41) is 3.23. The first-order valence-corrected chi connectivity index (χ1v) is 5.78. The topological polar surface area (TPSA) is 41.6 Å². The molecular weight excluding hydrogens is 192 g/mol. The Balaban J connectivity index is 1.86. The average molecular weight is 212 g/mol. The van der Waals surface area contributed by atoms with E-state index in [0.717, 1.165) is 19.0 Å². The number of likely N-dealkylation sites (N-methyl/N-ethyl adjacent to an activating group) is 1. The third-order valence-electron chi connectivity index (χ3n) is 3.19. The van der Waals surface area contributed by atoms with Crippen molar-refractivity contribution >= 4 is 5.91 Å². The second-order valence-corrected chi connectivity index (χ2v) is 4.67. The fraction of sp³-hybridized carbons (Fsp3) is 0.909. The molecule has 0 aromatic carbocycles. The third-order valence-corrected chi connectivity index (χ3v) is 3.19. The molecule has 1 aliphatic heterocycles. The van der Waals surface area contributed by atoms with E-state index in [1.165, 1.54) is 12.8 Å². The highest BCUT2D eigenvalue weighted by molar-refractivity contribution is 5.82. The summed E-state index contributed by atoms with van der Waals surface area (Å²) in [7, 11) is 1.89. The van der Waals surface area contributed by atoms with E-state index in [1.54, 1.807) is 0 Å². The third kappa shape index (κ3) is 2.69. The minimum Gasteiger partial charge on any atom is -0.375 e. The van der Waals surface area contributed by atoms with Crippen LogP contribution < -0.4 is 5.32 Å². The molecule has 0 bridgehead atoms. The van der Waals surface area contributed by atoms with Crippen LogP contribution in [0, 0.1) is 5.92 Å². The largest absolute Gasteiger partial charge is 0.375 e. The summed E-state index contributed by atoms with van der Waals surface area (Å²) in [6.07, 6.45) is 2.55. The maximum absolute atomic E-state index is 12.1. The van der Waals surface area contributed by atoms with E-state index in [1.807, 2.05) is 18.9 Å². The van der Waals surface area contributed by atoms with Gasteiger partial charge in [-0.15, -0.1) is 0 Å². The Morgan fingerprint density at radius 2 is 2.27 bits per heavy atom. The monoisotopic (exact) mass is 212 g/mol. The fourth-order valence-corrected chi connectivity index (χ4v) is 2.02. The summed E-state index contributed by atoms with van der Waals surface area (Å²) in [5.74, 6) is 0.924. The van der Waals surface area contributed by atoms with E-state index in [4.69, 9.17) is 4.74 Å². The van der Waals surface area contributed by atoms with Gasteiger partial charge in [0, 0.05) is 20.1 Å². The van der Waals surface area contributed by atoms with Gasteiger partial charge >= 0.3 is 0 Å². The molecule has 4 heteroatoms. The maximum atomic E-state index is 12.1. The molecule has 0 radical (unpaired) electrons. The summed E-state index contributed by atoms with van der Waals surface area (Å²) >= 11 is 0. The van der Waals surface area contributed by atoms with Crippen LogP contribution in [-0.4, -0.2) is 49.7 Å². The lowest BCUT2D eigenvalue weighted by atomic mass is 10.1. The summed E-state index contributed by atoms with van der Waals surface area (Å²) in [4.78, 5) is 13.9. The van der Waals surface area contributed by atoms with Crippen LogP contribution in [-0.2, 0) is 9.53 Å². The van der Waals surface area contributed by atoms with Crippen LogP contribution in [0.5, 0.6) is 0 Å². The average Bonchev–Trinajstić information content (AvgIpc) is 3.01. The Hall–Kier alpha value is -0.610. The fourth-order valence-electron chi connectivity index (χ4n) is 2.02. The number of amides is 1. The van der Waals surface area contributed by atoms with Crippen molar-refractivity contribution in [2.24, 2.45) is 5.92 Å². The Labute approximate surface area is 91.0 Å². The van der Waals surface area contributed by atoms with Crippen LogP contribution in [0.3, 0.4) is 0 Å². The molecule has 86 valence electrons. The van der Waals surface area contributed by atoms with Crippen LogP contribution in [0.4, 0.5) is 0 Å². The van der Waals surface area contributed by atoms with Gasteiger partial charge in [0.05, 0.1) is 12.7 Å². The first-order chi connectivity index (χ1) is 7.18. The van der Waals surface area contributed by atoms with Crippen LogP contribution in [0.1, 0.15) is 19.8 Å². The Kier molecular flexibility index (Phi) is 3.26. The number of hydrogen-bond acceptors (Lipinski definition) is 3. The molecule has 1 amide bonds. The van der Waals surface area contributed by atoms with Crippen molar-refractivity contribution < 1.29 is 9.53 Å². The Morgan fingerprint density at radius 1 is 1.53 bits per heavy atom. The highest BCUT2D eigenvalue weighted by Crippen LogP contribution is 2.29. The molecule has 1 heterocycles. The van der Waals surface area contributed by atoms with Crippen molar-refractivity contribution in [2.45, 2.75) is 31.9 Å². The SMILES string of the molecule is C[C@H]1OCCN[C@@H]1C(=O)N(C)CC1CC1. The number of morpholine rings is 1. The van der Waals surface area contributed by atoms with E-state index in [9.17, 15) is 4.79 Å². The van der Waals surface area contributed by atoms with Crippen molar-refractivity contribution in [2.75, 3.05) is 26.7 Å². The predicted octanol–water partition coefficient (Wildman–Crippen LogP) is 0.232. The Bertz CT molecular complexity index is 241. The molecule has 2 fully saturated rings. The minimum absolute atomic E-state index is 0.00657. The number of nitrogens with zero attached hydrogens (tertiary/aromatic N) is 1. The number of nitrogens with one attached hydrogen (secondary N) is 1. The van der Waals surface area contributed by atoms with Crippen LogP contribution in [0.15, 0.2) is 0 Å². The van der Waals surface area contributed by atoms with Crippen molar-refractivity contribution in [3.8, 4) is 0 Å². The van der Waals surface area contributed by atoms with Gasteiger partial charge < -0.3 is 15.0 Å². The molecule has 4 nitrogen and oxygen atoms in total. The molecule has 0 aromatic heterocycles. The van der Waals surface area contributed by atoms with E-state index in [0.29, 0.717) is 6.61 Å². The van der Waals surface area contributed by atoms with Crippen molar-refractivity contribution in [3.63, 3.8) is 0 Å². The van der Waals surface area contributed by atoms with E-state index < -0.39 is 0 Å². The lowest BCUT2D eigenvalue weighted by Crippen LogP contribution is -2.56. The number of carbonyl (C=O) groups is 1. The number of carbonyl (C=O) groups excluding carboxylic acids is 1. The lowest BCUT2D eigenvalue weighted by molar-refractivity contribution is -0.138. The lowest BCUT2D eigenvalue weighted by Gasteiger charge is -2.32. The zero-order chi connectivity index (χ0) is 10.8. The molecule has 2 rings (SSSR count). The number of hydrogen-bond donors (Lipinski definition) is 1. The van der Waals surface area contributed by atoms with E-state index in [2.05, 4.69) is 5.32 Å². The van der Waals surface area contributed by atoms with Gasteiger partial charge in [-0.25, -0.2) is 0 Å². The van der Waals surface area contributed by atoms with Gasteiger partial charge in [0.25, 0.3) is 0 Å². The van der Waals surface area contributed by atoms with E-state index >= 15 is 0 Å². The predicted molar refractivity (Wildman–Crippen MR) is 57.6 cm³/mol. The number of ether oxygens (including phenoxy) is 1. The first kappa shape index (κ1) is 10.9. The molecule has 1 N–H and O–H groups in total. The quantitative estimate of drug-likeness (QED) is 0.728. The summed E-state index contributed by atoms with van der Waals surface area (Å²) in [5.41, 5.74) is 0. The molecular formula is C11H20N2O2. The minimum atomic E-state index is -0.150. The first-order valence-electron chi connectivity index (χ1n) is 5.78. The zero-order valence-corrected chi connectivity index (χ0v) is 9.53. The molecule has 1 saturated heterocycles. The van der Waals surface area contributed by atoms with Gasteiger partial charge in [-0.1, -0.05) is 0 Å². The Morgan fingerprint density at radius 3 is 2.87 bits per heavy atom. The van der Waals surface area contributed by atoms with Crippen molar-refractivity contribution in [3.05, 3.63) is 0 Å². The highest BCUT2D eigenvalue weighted by atomic mass is 16.5. The molecule has 1 saturated carbocycles. The normalized spacial score (nSPS) is 31.3. The van der Waals surface area contributed by atoms with Gasteiger partial charge in [0.15, 0.2) is 0 Å². The molecule has 0 aromatic rings. The van der Waals surface area contributed by atoms with Crippen LogP contribution in [0.2, 0.25) is 0 Å². The van der Waals surface area contributed by atoms with Gasteiger partial charge in [0.1, 0.15) is 6.04 Å². The van der Waals surface area contributed by atoms with E-state index in [-0.39, 0.29) is 18.1 Å². The summed E-state index contributed by atoms with van der Waals surface area (Å²) in [6, 6.07) is -0.150. The van der Waals surface area contributed by atoms with Crippen molar-refractivity contribution in [1.82, 2.24) is 10.2 Å². The van der Waals surface area contributed by atoms with Crippen molar-refractivity contribution in [1.29, 1.82) is 0 Å². The summed E-state index contributed by atoms with van der Waals surface area (Å²) < 4.78 is 5.47. The molecule has 15 heavy (non-hydrogen) atoms. The molecule has 1 aliphatic carbocycles. The standard InChI is InChI=1S/C11H20N2O2/c1-8-10(12-5-6-15-8)11(14)13(2)7-9-3-4-9/h8-10,12H,3-7H2,1-2H3/t8-,10+/m1/s1. The highest BCUT2D eigenvalue weighted by Gasteiger charge is 2.32. The molecule has 0 unspecified atom stereocenters. The zero-order valence-electron chi connectivity index (χ0n) is 9.53. The summed E-state index contributed by atoms with van der Waals surface area (Å²) in [6.45, 7) is 4.35. The molecule has 2 atom stereocenters. The molecule has 0 spiro atoms. The number of rotatable bonds is 3. The van der Waals surface area contributed by atoms with Gasteiger partial charge in [0.2, 0.25) is 5.91 Å². The van der Waals surface area contributed by atoms with Crippen LogP contribution in [0.25, 0.3) is 0 Å². The maximum Gasteiger partial charge on any atom is 0.242 e. The van der Waals surface area contributed by atoms with Gasteiger partial charge in [-0.05, 0) is 25.7 Å². The molecule has 2 aliphatic rings. The smallest absolute Gasteiger partial charge is 0.242 e.